The Morgan fingerprint density at radius 2 is 0.652 bits per heavy atom. The van der Waals surface area contributed by atoms with Crippen molar-refractivity contribution < 1.29 is 100 Å². The molecule has 0 amide bonds. The predicted molar refractivity (Wildman–Crippen MR) is 521 cm³/mol. The first-order valence-electron chi connectivity index (χ1n) is 47.9. The van der Waals surface area contributed by atoms with Crippen LogP contribution in [0.5, 0.6) is 23.0 Å². The fourth-order valence-corrected chi connectivity index (χ4v) is 19.5. The number of carboxylic acids is 2. The highest BCUT2D eigenvalue weighted by atomic mass is 16.5. The SMILES string of the molecule is CCC(C(=O)O)C1CCc2cc(OCCc3nc(-c4ccccc4)oc3C)ccc21.CCC(C(=O)O)C1CCc2cc(OCCc3nc(-c4ccccc4)oc3C)ccc21.CCOC(=O)C(CC)C1CCc2cc(O)ccc21.CCOC(=O)C(CC)C1CCc2cc(OCCc3nc(-c4ccccc4)oc3C)ccc21.Cc1ccc2c(c1)CCC2=O.Cc1ccc2c(c1)CCC2=O.O=C=O.O=C=O. The van der Waals surface area contributed by atoms with Gasteiger partial charge in [0.1, 0.15) is 40.3 Å². The lowest BCUT2D eigenvalue weighted by molar-refractivity contribution is -0.193. The first kappa shape index (κ1) is 104. The Balaban J connectivity index is 0.000000163. The highest BCUT2D eigenvalue weighted by Gasteiger charge is 2.38. The van der Waals surface area contributed by atoms with Gasteiger partial charge in [0, 0.05) is 59.9 Å². The molecule has 0 saturated carbocycles. The minimum absolute atomic E-state index is 0.0595. The van der Waals surface area contributed by atoms with Crippen LogP contribution in [-0.4, -0.2) is 111 Å². The number of fused-ring (bicyclic) bond motifs is 6. The number of phenolic OH excluding ortho intramolecular Hbond substituents is 1. The van der Waals surface area contributed by atoms with Crippen molar-refractivity contribution in [2.45, 2.75) is 222 Å². The van der Waals surface area contributed by atoms with Gasteiger partial charge in [0.2, 0.25) is 17.7 Å². The number of benzene rings is 9. The summed E-state index contributed by atoms with van der Waals surface area (Å²) < 4.78 is 45.9. The number of esters is 2. The molecule has 0 aliphatic heterocycles. The maximum absolute atomic E-state index is 12.4. The lowest BCUT2D eigenvalue weighted by Crippen LogP contribution is -2.23. The van der Waals surface area contributed by atoms with Crippen LogP contribution in [0.25, 0.3) is 34.4 Å². The molecule has 3 heterocycles. The maximum atomic E-state index is 12.4. The van der Waals surface area contributed by atoms with E-state index in [-0.39, 0.29) is 71.6 Å². The number of aryl methyl sites for hydroxylation is 11. The second kappa shape index (κ2) is 51.6. The van der Waals surface area contributed by atoms with Crippen LogP contribution in [0.4, 0.5) is 0 Å². The molecule has 8 atom stereocenters. The monoisotopic (exact) mass is 1870 g/mol. The van der Waals surface area contributed by atoms with Crippen molar-refractivity contribution in [2.24, 2.45) is 23.7 Å². The Labute approximate surface area is 806 Å². The van der Waals surface area contributed by atoms with E-state index in [9.17, 15) is 44.1 Å². The summed E-state index contributed by atoms with van der Waals surface area (Å²) >= 11 is 0. The Hall–Kier alpha value is -14.2. The summed E-state index contributed by atoms with van der Waals surface area (Å²) in [5, 5.41) is 28.5. The average molecular weight is 1870 g/mol. The third-order valence-corrected chi connectivity index (χ3v) is 26.4. The molecule has 0 spiro atoms. The summed E-state index contributed by atoms with van der Waals surface area (Å²) in [7, 11) is 0. The normalized spacial score (nSPS) is 15.8. The Morgan fingerprint density at radius 3 is 0.942 bits per heavy atom. The second-order valence-electron chi connectivity index (χ2n) is 35.1. The molecular weight excluding hydrogens is 1750 g/mol. The number of aliphatic carboxylic acids is 2. The van der Waals surface area contributed by atoms with E-state index in [1.807, 2.05) is 213 Å². The van der Waals surface area contributed by atoms with Gasteiger partial charge in [0.25, 0.3) is 0 Å². The summed E-state index contributed by atoms with van der Waals surface area (Å²) in [5.41, 5.74) is 22.1. The van der Waals surface area contributed by atoms with Gasteiger partial charge in [0.15, 0.2) is 11.6 Å². The number of carboxylic acid groups (broad SMARTS) is 2. The van der Waals surface area contributed by atoms with Crippen LogP contribution in [0, 0.1) is 58.3 Å². The molecule has 138 heavy (non-hydrogen) atoms. The van der Waals surface area contributed by atoms with Gasteiger partial charge < -0.3 is 52.3 Å². The van der Waals surface area contributed by atoms with Crippen LogP contribution in [0.2, 0.25) is 0 Å². The second-order valence-corrected chi connectivity index (χ2v) is 35.1. The zero-order valence-electron chi connectivity index (χ0n) is 80.7. The highest BCUT2D eigenvalue weighted by molar-refractivity contribution is 6.01. The summed E-state index contributed by atoms with van der Waals surface area (Å²) in [6.07, 6.45) is 16.2. The van der Waals surface area contributed by atoms with Crippen LogP contribution >= 0.6 is 0 Å². The van der Waals surface area contributed by atoms with Crippen LogP contribution in [0.15, 0.2) is 213 Å². The van der Waals surface area contributed by atoms with Crippen molar-refractivity contribution in [1.82, 2.24) is 15.0 Å². The van der Waals surface area contributed by atoms with Crippen molar-refractivity contribution >= 4 is 47.7 Å². The Morgan fingerprint density at radius 1 is 0.362 bits per heavy atom. The zero-order valence-corrected chi connectivity index (χ0v) is 80.7. The molecule has 3 aromatic heterocycles. The summed E-state index contributed by atoms with van der Waals surface area (Å²) in [5.74, 6) is 6.14. The molecule has 6 aliphatic carbocycles. The van der Waals surface area contributed by atoms with E-state index in [2.05, 4.69) is 72.1 Å². The number of ether oxygens (including phenoxy) is 5. The molecule has 24 nitrogen and oxygen atoms in total. The maximum Gasteiger partial charge on any atom is 0.373 e. The largest absolute Gasteiger partial charge is 0.508 e. The number of rotatable bonds is 29. The zero-order chi connectivity index (χ0) is 98.9. The predicted octanol–water partition coefficient (Wildman–Crippen LogP) is 22.8. The standard InChI is InChI=1S/C27H31NO4.2C25H27NO4.C15H20O3.2C10H10O.2CO2/c1-4-22(27(29)30-5-2)24-13-11-20-17-21(12-14-23(20)24)31-16-15-25-18(3)32-26(28-25)19-9-7-6-8-10-19;2*1-3-20(25(27)28)22-11-9-18-15-19(10-12-21(18)22)29-14-13-23-16(2)30-24(26-23)17-7-5-4-6-8-17;1-3-12(15(17)18-4-2)14-7-5-10-9-11(16)6-8-13(10)14;2*1-7-2-4-9-8(6-7)3-5-10(9)11;2*2-1-3/h6-10,12,14,17,22,24H,4-5,11,13,15-16H2,1-3H3;2*4-8,10,12,15,20,22H,3,9,11,13-14H2,1-2H3,(H,27,28);6,8-9,12,14,16H,3-5,7H2,1-2H3;2*2,4,6H,3,5H2,1H3;;. The quantitative estimate of drug-likeness (QED) is 0.0367. The van der Waals surface area contributed by atoms with Crippen molar-refractivity contribution in [3.63, 3.8) is 0 Å². The molecular formula is C114H125N3O21. The van der Waals surface area contributed by atoms with E-state index >= 15 is 0 Å². The van der Waals surface area contributed by atoms with E-state index in [1.165, 1.54) is 55.6 Å². The molecule has 0 fully saturated rings. The summed E-state index contributed by atoms with van der Waals surface area (Å²) in [4.78, 5) is 116. The molecule has 24 heteroatoms. The third-order valence-electron chi connectivity index (χ3n) is 26.4. The van der Waals surface area contributed by atoms with E-state index in [4.69, 9.17) is 56.1 Å². The van der Waals surface area contributed by atoms with Crippen molar-refractivity contribution in [3.05, 3.63) is 312 Å². The van der Waals surface area contributed by atoms with Gasteiger partial charge in [-0.05, 0) is 303 Å². The van der Waals surface area contributed by atoms with Gasteiger partial charge in [-0.2, -0.15) is 19.2 Å². The first-order chi connectivity index (χ1) is 66.8. The van der Waals surface area contributed by atoms with Crippen LogP contribution in [0.3, 0.4) is 0 Å². The van der Waals surface area contributed by atoms with Crippen molar-refractivity contribution in [1.29, 1.82) is 0 Å². The molecule has 3 N–H and O–H groups in total. The highest BCUT2D eigenvalue weighted by Crippen LogP contribution is 2.46. The smallest absolute Gasteiger partial charge is 0.373 e. The summed E-state index contributed by atoms with van der Waals surface area (Å²) in [6, 6.07) is 65.6. The molecule has 0 radical (unpaired) electrons. The van der Waals surface area contributed by atoms with E-state index in [0.717, 1.165) is 168 Å². The fourth-order valence-electron chi connectivity index (χ4n) is 19.5. The van der Waals surface area contributed by atoms with Gasteiger partial charge in [-0.15, -0.1) is 0 Å². The number of phenols is 1. The number of hydrogen-bond acceptors (Lipinski definition) is 22. The minimum Gasteiger partial charge on any atom is -0.508 e. The number of hydrogen-bond donors (Lipinski definition) is 3. The van der Waals surface area contributed by atoms with Gasteiger partial charge in [-0.25, -0.2) is 15.0 Å². The number of carbonyl (C=O) groups excluding carboxylic acids is 8. The van der Waals surface area contributed by atoms with Crippen LogP contribution < -0.4 is 14.2 Å². The molecule has 18 rings (SSSR count). The average Bonchev–Trinajstić information content (AvgIpc) is 1.66. The molecule has 0 bridgehead atoms. The van der Waals surface area contributed by atoms with Crippen LogP contribution in [-0.2, 0) is 106 Å². The van der Waals surface area contributed by atoms with E-state index < -0.39 is 11.9 Å². The molecule has 8 unspecified atom stereocenters. The van der Waals surface area contributed by atoms with Gasteiger partial charge in [-0.3, -0.25) is 28.8 Å². The van der Waals surface area contributed by atoms with Crippen molar-refractivity contribution in [2.75, 3.05) is 33.0 Å². The lowest BCUT2D eigenvalue weighted by atomic mass is 9.85. The molecule has 6 aliphatic rings. The lowest BCUT2D eigenvalue weighted by Gasteiger charge is -2.21. The van der Waals surface area contributed by atoms with Crippen molar-refractivity contribution in [3.8, 4) is 57.4 Å². The van der Waals surface area contributed by atoms with Gasteiger partial charge in [0.05, 0.1) is 73.8 Å². The topological polar surface area (TPSA) is 356 Å². The van der Waals surface area contributed by atoms with Gasteiger partial charge in [-0.1, -0.05) is 154 Å². The Kier molecular flexibility index (Phi) is 39.0. The van der Waals surface area contributed by atoms with Crippen LogP contribution in [0.1, 0.15) is 251 Å². The number of aromatic hydroxyl groups is 1. The molecule has 9 aromatic carbocycles. The number of aromatic nitrogens is 3. The minimum atomic E-state index is -0.700. The number of Topliss-reactive ketones (excluding diaryl/α,β-unsaturated/α-hetero) is 2. The van der Waals surface area contributed by atoms with E-state index in [0.29, 0.717) is 113 Å². The molecule has 722 valence electrons. The number of ketones is 2. The number of nitrogens with zero attached hydrogens (tertiary/aromatic N) is 3. The molecule has 0 saturated heterocycles. The fraction of sp³-hybridized carbons (Fsp3) is 0.377. The van der Waals surface area contributed by atoms with Gasteiger partial charge >= 0.3 is 36.2 Å². The Bertz CT molecular complexity index is 5930. The number of oxazole rings is 3. The third kappa shape index (κ3) is 27.6. The van der Waals surface area contributed by atoms with E-state index in [1.54, 1.807) is 6.07 Å². The number of carbonyl (C=O) groups is 6. The molecule has 12 aromatic rings. The first-order valence-corrected chi connectivity index (χ1v) is 47.9. The summed E-state index contributed by atoms with van der Waals surface area (Å²) in [6.45, 7) is 24.0.